The summed E-state index contributed by atoms with van der Waals surface area (Å²) in [4.78, 5) is 2.61. The van der Waals surface area contributed by atoms with Crippen molar-refractivity contribution >= 4 is 17.7 Å². The van der Waals surface area contributed by atoms with Crippen molar-refractivity contribution in [1.29, 1.82) is 0 Å². The molecule has 1 unspecified atom stereocenters. The Morgan fingerprint density at radius 2 is 1.77 bits per heavy atom. The quantitative estimate of drug-likeness (QED) is 0.158. The van der Waals surface area contributed by atoms with Gasteiger partial charge < -0.3 is 0 Å². The molecule has 4 rings (SSSR count). The molecular formula is C39H49N. The maximum atomic E-state index is 4.64. The van der Waals surface area contributed by atoms with Gasteiger partial charge in [0.05, 0.1) is 0 Å². The molecule has 1 aliphatic carbocycles. The highest BCUT2D eigenvalue weighted by Gasteiger charge is 2.30. The first kappa shape index (κ1) is 29.8. The first-order valence-electron chi connectivity index (χ1n) is 15.4. The summed E-state index contributed by atoms with van der Waals surface area (Å²) in [6.45, 7) is 20.6. The topological polar surface area (TPSA) is 3.24 Å². The van der Waals surface area contributed by atoms with E-state index in [2.05, 4.69) is 119 Å². The second-order valence-electron chi connectivity index (χ2n) is 11.7. The first-order chi connectivity index (χ1) is 19.4. The van der Waals surface area contributed by atoms with Crippen molar-refractivity contribution in [2.24, 2.45) is 11.8 Å². The van der Waals surface area contributed by atoms with Gasteiger partial charge in [0, 0.05) is 6.54 Å². The molecule has 0 aromatic heterocycles. The Morgan fingerprint density at radius 3 is 2.48 bits per heavy atom. The minimum atomic E-state index is 0.583. The third-order valence-electron chi connectivity index (χ3n) is 8.81. The van der Waals surface area contributed by atoms with E-state index in [0.29, 0.717) is 5.92 Å². The van der Waals surface area contributed by atoms with E-state index in [1.54, 1.807) is 0 Å². The van der Waals surface area contributed by atoms with E-state index in [0.717, 1.165) is 31.7 Å². The van der Waals surface area contributed by atoms with Gasteiger partial charge >= 0.3 is 0 Å². The number of rotatable bonds is 11. The SMILES string of the molecule is C=C/C=C(\C=C/C)CN1CCC(CC2Cc3cc(CC)c(/C=C/c4ccc(C)cc4C/C=C\C)cc3C2=C)CC1. The number of piperidine rings is 1. The molecule has 2 aromatic carbocycles. The minimum Gasteiger partial charge on any atom is -0.299 e. The summed E-state index contributed by atoms with van der Waals surface area (Å²) in [7, 11) is 0. The van der Waals surface area contributed by atoms with Crippen LogP contribution in [0.2, 0.25) is 0 Å². The van der Waals surface area contributed by atoms with Gasteiger partial charge in [0.2, 0.25) is 0 Å². The standard InChI is InChI=1S/C39H49N/c1-7-11-14-35-23-29(5)15-16-34(35)17-18-36-27-39-30(6)37(26-38(39)25-33(36)10-4)24-31-19-21-40(22-20-31)28-32(12-8-2)13-9-3/h7-9,11-13,15-18,23,25,27,31,37H,2,6,10,14,19-22,24,26,28H2,1,3-5H3/b11-7-,13-9-,18-17+,32-12+. The fourth-order valence-corrected chi connectivity index (χ4v) is 6.54. The van der Waals surface area contributed by atoms with Gasteiger partial charge in [-0.15, -0.1) is 0 Å². The van der Waals surface area contributed by atoms with Crippen LogP contribution in [0.25, 0.3) is 17.7 Å². The lowest BCUT2D eigenvalue weighted by atomic mass is 9.84. The van der Waals surface area contributed by atoms with Crippen LogP contribution in [0.3, 0.4) is 0 Å². The van der Waals surface area contributed by atoms with Crippen molar-refractivity contribution in [3.8, 4) is 0 Å². The van der Waals surface area contributed by atoms with E-state index < -0.39 is 0 Å². The zero-order valence-electron chi connectivity index (χ0n) is 25.4. The van der Waals surface area contributed by atoms with Crippen molar-refractivity contribution < 1.29 is 0 Å². The minimum absolute atomic E-state index is 0.583. The predicted octanol–water partition coefficient (Wildman–Crippen LogP) is 9.82. The number of hydrogen-bond donors (Lipinski definition) is 0. The van der Waals surface area contributed by atoms with Crippen LogP contribution in [-0.2, 0) is 19.3 Å². The molecule has 210 valence electrons. The summed E-state index contributed by atoms with van der Waals surface area (Å²) in [5, 5.41) is 0. The Labute approximate surface area is 244 Å². The van der Waals surface area contributed by atoms with E-state index in [9.17, 15) is 0 Å². The lowest BCUT2D eigenvalue weighted by Gasteiger charge is -2.33. The monoisotopic (exact) mass is 531 g/mol. The summed E-state index contributed by atoms with van der Waals surface area (Å²) >= 11 is 0. The lowest BCUT2D eigenvalue weighted by Crippen LogP contribution is -2.35. The molecule has 1 atom stereocenters. The summed E-state index contributed by atoms with van der Waals surface area (Å²) in [6.07, 6.45) is 24.5. The molecule has 1 fully saturated rings. The van der Waals surface area contributed by atoms with Gasteiger partial charge in [-0.05, 0) is 135 Å². The molecule has 1 heterocycles. The largest absolute Gasteiger partial charge is 0.299 e. The number of allylic oxidation sites excluding steroid dienone is 6. The summed E-state index contributed by atoms with van der Waals surface area (Å²) < 4.78 is 0. The van der Waals surface area contributed by atoms with Gasteiger partial charge in [0.15, 0.2) is 0 Å². The molecule has 1 nitrogen and oxygen atoms in total. The Bertz CT molecular complexity index is 1310. The van der Waals surface area contributed by atoms with Crippen molar-refractivity contribution in [2.75, 3.05) is 19.6 Å². The number of hydrogen-bond acceptors (Lipinski definition) is 1. The molecule has 0 bridgehead atoms. The van der Waals surface area contributed by atoms with Gasteiger partial charge in [-0.2, -0.15) is 0 Å². The Balaban J connectivity index is 1.43. The Hall–Kier alpha value is -3.16. The van der Waals surface area contributed by atoms with Crippen molar-refractivity contribution in [3.63, 3.8) is 0 Å². The van der Waals surface area contributed by atoms with Crippen LogP contribution >= 0.6 is 0 Å². The van der Waals surface area contributed by atoms with E-state index in [4.69, 9.17) is 0 Å². The highest BCUT2D eigenvalue weighted by atomic mass is 15.1. The molecule has 0 N–H and O–H groups in total. The Morgan fingerprint density at radius 1 is 1.00 bits per heavy atom. The number of nitrogens with zero attached hydrogens (tertiary/aromatic N) is 1. The molecule has 0 amide bonds. The molecule has 0 radical (unpaired) electrons. The van der Waals surface area contributed by atoms with Gasteiger partial charge in [-0.25, -0.2) is 0 Å². The zero-order valence-corrected chi connectivity index (χ0v) is 25.4. The Kier molecular flexibility index (Phi) is 10.8. The fourth-order valence-electron chi connectivity index (χ4n) is 6.54. The van der Waals surface area contributed by atoms with Crippen molar-refractivity contribution in [1.82, 2.24) is 4.90 Å². The molecule has 1 aliphatic heterocycles. The summed E-state index contributed by atoms with van der Waals surface area (Å²) in [5.41, 5.74) is 12.4. The maximum Gasteiger partial charge on any atom is 0.0233 e. The smallest absolute Gasteiger partial charge is 0.0233 e. The van der Waals surface area contributed by atoms with E-state index in [1.165, 1.54) is 82.4 Å². The molecular weight excluding hydrogens is 482 g/mol. The van der Waals surface area contributed by atoms with Gasteiger partial charge in [-0.1, -0.05) is 98.5 Å². The van der Waals surface area contributed by atoms with Crippen LogP contribution in [0.4, 0.5) is 0 Å². The van der Waals surface area contributed by atoms with E-state index in [-0.39, 0.29) is 0 Å². The van der Waals surface area contributed by atoms with Crippen molar-refractivity contribution in [3.05, 3.63) is 124 Å². The number of aryl methyl sites for hydroxylation is 2. The highest BCUT2D eigenvalue weighted by Crippen LogP contribution is 2.42. The highest BCUT2D eigenvalue weighted by molar-refractivity contribution is 5.79. The van der Waals surface area contributed by atoms with Gasteiger partial charge in [0.25, 0.3) is 0 Å². The second-order valence-corrected chi connectivity index (χ2v) is 11.7. The van der Waals surface area contributed by atoms with Crippen molar-refractivity contribution in [2.45, 2.75) is 66.2 Å². The van der Waals surface area contributed by atoms with E-state index >= 15 is 0 Å². The number of fused-ring (bicyclic) bond motifs is 1. The van der Waals surface area contributed by atoms with Crippen LogP contribution in [0, 0.1) is 18.8 Å². The summed E-state index contributed by atoms with van der Waals surface area (Å²) in [5.74, 6) is 1.38. The number of benzene rings is 2. The molecule has 40 heavy (non-hydrogen) atoms. The normalized spacial score (nSPS) is 18.9. The second kappa shape index (κ2) is 14.5. The average Bonchev–Trinajstić information content (AvgIpc) is 3.25. The fraction of sp³-hybridized carbons (Fsp3) is 0.385. The molecule has 0 spiro atoms. The zero-order chi connectivity index (χ0) is 28.5. The number of likely N-dealkylation sites (tertiary alicyclic amines) is 1. The molecule has 1 heteroatoms. The molecule has 0 saturated carbocycles. The van der Waals surface area contributed by atoms with Crippen LogP contribution < -0.4 is 0 Å². The third-order valence-corrected chi connectivity index (χ3v) is 8.81. The summed E-state index contributed by atoms with van der Waals surface area (Å²) in [6, 6.07) is 11.7. The molecule has 1 saturated heterocycles. The van der Waals surface area contributed by atoms with Gasteiger partial charge in [-0.3, -0.25) is 4.90 Å². The average molecular weight is 532 g/mol. The van der Waals surface area contributed by atoms with Gasteiger partial charge in [0.1, 0.15) is 0 Å². The molecule has 2 aromatic rings. The maximum absolute atomic E-state index is 4.64. The van der Waals surface area contributed by atoms with Crippen LogP contribution in [0.5, 0.6) is 0 Å². The van der Waals surface area contributed by atoms with Crippen LogP contribution in [0.1, 0.15) is 79.0 Å². The lowest BCUT2D eigenvalue weighted by molar-refractivity contribution is 0.185. The predicted molar refractivity (Wildman–Crippen MR) is 178 cm³/mol. The van der Waals surface area contributed by atoms with Crippen LogP contribution in [-0.4, -0.2) is 24.5 Å². The van der Waals surface area contributed by atoms with E-state index in [1.807, 2.05) is 6.08 Å². The first-order valence-corrected chi connectivity index (χ1v) is 15.4. The molecule has 2 aliphatic rings. The van der Waals surface area contributed by atoms with Crippen LogP contribution in [0.15, 0.2) is 85.5 Å². The third kappa shape index (κ3) is 7.52.